The van der Waals surface area contributed by atoms with Gasteiger partial charge in [-0.1, -0.05) is 5.16 Å². The summed E-state index contributed by atoms with van der Waals surface area (Å²) >= 11 is 1.47. The van der Waals surface area contributed by atoms with Crippen molar-refractivity contribution in [2.45, 2.75) is 17.0 Å². The normalized spacial score (nSPS) is 15.2. The maximum atomic E-state index is 9.02. The Morgan fingerprint density at radius 3 is 2.83 bits per heavy atom. The highest BCUT2D eigenvalue weighted by molar-refractivity contribution is 7.99. The molecule has 0 saturated carbocycles. The van der Waals surface area contributed by atoms with Gasteiger partial charge in [0.1, 0.15) is 11.4 Å². The first-order chi connectivity index (χ1) is 14.7. The Kier molecular flexibility index (Phi) is 4.93. The number of ether oxygens (including phenoxy) is 1. The van der Waals surface area contributed by atoms with Gasteiger partial charge in [-0.2, -0.15) is 9.61 Å². The zero-order valence-electron chi connectivity index (χ0n) is 16.3. The second-order valence-electron chi connectivity index (χ2n) is 6.91. The first kappa shape index (κ1) is 18.8. The van der Waals surface area contributed by atoms with Crippen LogP contribution in [0.3, 0.4) is 0 Å². The van der Waals surface area contributed by atoms with Crippen molar-refractivity contribution >= 4 is 39.7 Å². The lowest BCUT2D eigenvalue weighted by Gasteiger charge is -2.28. The molecular weight excluding hydrogens is 402 g/mol. The molecule has 5 rings (SSSR count). The van der Waals surface area contributed by atoms with Crippen molar-refractivity contribution in [3.8, 4) is 0 Å². The molecule has 1 aliphatic rings. The third-order valence-electron chi connectivity index (χ3n) is 4.98. The molecule has 4 heterocycles. The summed E-state index contributed by atoms with van der Waals surface area (Å²) in [5.41, 5.74) is 3.66. The zero-order chi connectivity index (χ0) is 20.5. The van der Waals surface area contributed by atoms with Crippen molar-refractivity contribution in [2.24, 2.45) is 5.16 Å². The molecule has 9 nitrogen and oxygen atoms in total. The number of benzene rings is 1. The Labute approximate surface area is 176 Å². The van der Waals surface area contributed by atoms with E-state index in [0.717, 1.165) is 47.8 Å². The zero-order valence-corrected chi connectivity index (χ0v) is 17.1. The van der Waals surface area contributed by atoms with Gasteiger partial charge in [0.2, 0.25) is 5.16 Å². The predicted molar refractivity (Wildman–Crippen MR) is 114 cm³/mol. The topological polar surface area (TPSA) is 101 Å². The lowest BCUT2D eigenvalue weighted by molar-refractivity contribution is 0.122. The van der Waals surface area contributed by atoms with Crippen molar-refractivity contribution in [2.75, 3.05) is 31.2 Å². The van der Waals surface area contributed by atoms with Crippen LogP contribution in [0, 0.1) is 0 Å². The minimum atomic E-state index is 0.425. The van der Waals surface area contributed by atoms with E-state index in [-0.39, 0.29) is 0 Å². The Morgan fingerprint density at radius 1 is 1.13 bits per heavy atom. The van der Waals surface area contributed by atoms with E-state index in [1.165, 1.54) is 11.8 Å². The Bertz CT molecular complexity index is 1250. The summed E-state index contributed by atoms with van der Waals surface area (Å²) in [5.74, 6) is 0. The van der Waals surface area contributed by atoms with Crippen LogP contribution >= 0.6 is 11.8 Å². The average molecular weight is 421 g/mol. The predicted octanol–water partition coefficient (Wildman–Crippen LogP) is 2.86. The molecule has 3 aromatic heterocycles. The lowest BCUT2D eigenvalue weighted by Crippen LogP contribution is -2.36. The van der Waals surface area contributed by atoms with Gasteiger partial charge in [-0.25, -0.2) is 0 Å². The van der Waals surface area contributed by atoms with Crippen LogP contribution in [0.5, 0.6) is 0 Å². The lowest BCUT2D eigenvalue weighted by atomic mass is 10.2. The Hall–Kier alpha value is -3.24. The third-order valence-corrected chi connectivity index (χ3v) is 5.91. The van der Waals surface area contributed by atoms with Gasteiger partial charge in [0, 0.05) is 23.4 Å². The Morgan fingerprint density at radius 2 is 2.00 bits per heavy atom. The Balaban J connectivity index is 1.47. The van der Waals surface area contributed by atoms with E-state index in [1.54, 1.807) is 23.6 Å². The molecule has 0 aliphatic carbocycles. The largest absolute Gasteiger partial charge is 0.411 e. The molecule has 0 unspecified atom stereocenters. The number of rotatable bonds is 4. The van der Waals surface area contributed by atoms with Crippen LogP contribution in [0.2, 0.25) is 0 Å². The van der Waals surface area contributed by atoms with Crippen molar-refractivity contribution in [3.05, 3.63) is 48.3 Å². The minimum absolute atomic E-state index is 0.425. The molecule has 1 N–H and O–H groups in total. The first-order valence-corrected chi connectivity index (χ1v) is 10.3. The molecule has 4 aromatic rings. The molecule has 0 atom stereocenters. The number of oxime groups is 1. The van der Waals surface area contributed by atoms with E-state index in [4.69, 9.17) is 9.94 Å². The molecule has 1 aliphatic heterocycles. The number of nitrogens with zero attached hydrogens (tertiary/aromatic N) is 7. The highest BCUT2D eigenvalue weighted by atomic mass is 32.2. The van der Waals surface area contributed by atoms with Crippen LogP contribution in [0.4, 0.5) is 5.69 Å². The maximum absolute atomic E-state index is 9.02. The fourth-order valence-electron chi connectivity index (χ4n) is 3.34. The van der Waals surface area contributed by atoms with E-state index >= 15 is 0 Å². The van der Waals surface area contributed by atoms with Gasteiger partial charge in [0.15, 0.2) is 5.65 Å². The van der Waals surface area contributed by atoms with Gasteiger partial charge in [-0.3, -0.25) is 4.98 Å². The monoisotopic (exact) mass is 421 g/mol. The van der Waals surface area contributed by atoms with E-state index in [1.807, 2.05) is 18.3 Å². The summed E-state index contributed by atoms with van der Waals surface area (Å²) < 4.78 is 7.10. The number of fused-ring (bicyclic) bond motifs is 2. The number of anilines is 1. The van der Waals surface area contributed by atoms with Crippen molar-refractivity contribution in [1.82, 2.24) is 24.8 Å². The number of aromatic nitrogens is 5. The molecule has 0 bridgehead atoms. The number of hydrogen-bond donors (Lipinski definition) is 1. The van der Waals surface area contributed by atoms with E-state index in [0.29, 0.717) is 22.2 Å². The molecule has 1 aromatic carbocycles. The highest BCUT2D eigenvalue weighted by Crippen LogP contribution is 2.30. The molecule has 30 heavy (non-hydrogen) atoms. The van der Waals surface area contributed by atoms with Crippen molar-refractivity contribution < 1.29 is 9.94 Å². The molecule has 0 radical (unpaired) electrons. The van der Waals surface area contributed by atoms with Crippen LogP contribution in [-0.4, -0.2) is 62.0 Å². The van der Waals surface area contributed by atoms with E-state index in [2.05, 4.69) is 42.5 Å². The van der Waals surface area contributed by atoms with Gasteiger partial charge in [-0.15, -0.1) is 10.2 Å². The SMILES string of the molecule is C/C(=N\O)c1ccc2nnc(Sc3ccc4ncc(N5CCOCC5)cc4c3)n2n1. The van der Waals surface area contributed by atoms with Gasteiger partial charge in [0.25, 0.3) is 0 Å². The van der Waals surface area contributed by atoms with Crippen LogP contribution in [-0.2, 0) is 4.74 Å². The fraction of sp³-hybridized carbons (Fsp3) is 0.250. The van der Waals surface area contributed by atoms with Crippen molar-refractivity contribution in [1.29, 1.82) is 0 Å². The molecule has 0 spiro atoms. The molecule has 152 valence electrons. The summed E-state index contributed by atoms with van der Waals surface area (Å²) in [6, 6.07) is 11.8. The average Bonchev–Trinajstić information content (AvgIpc) is 3.20. The number of hydrogen-bond acceptors (Lipinski definition) is 9. The summed E-state index contributed by atoms with van der Waals surface area (Å²) in [6.45, 7) is 4.91. The fourth-order valence-corrected chi connectivity index (χ4v) is 4.17. The highest BCUT2D eigenvalue weighted by Gasteiger charge is 2.14. The van der Waals surface area contributed by atoms with Gasteiger partial charge in [-0.05, 0) is 55.1 Å². The van der Waals surface area contributed by atoms with Crippen LogP contribution < -0.4 is 4.90 Å². The standard InChI is InChI=1S/C20H19N7O2S/c1-13(25-28)17-4-5-19-22-23-20(27(19)24-17)30-16-2-3-18-14(11-16)10-15(12-21-18)26-6-8-29-9-7-26/h2-5,10-12,28H,6-9H2,1H3/b25-13+. The molecule has 10 heteroatoms. The smallest absolute Gasteiger partial charge is 0.217 e. The van der Waals surface area contributed by atoms with E-state index < -0.39 is 0 Å². The molecule has 1 saturated heterocycles. The van der Waals surface area contributed by atoms with Crippen molar-refractivity contribution in [3.63, 3.8) is 0 Å². The maximum Gasteiger partial charge on any atom is 0.217 e. The minimum Gasteiger partial charge on any atom is -0.411 e. The first-order valence-electron chi connectivity index (χ1n) is 9.53. The van der Waals surface area contributed by atoms with Crippen LogP contribution in [0.1, 0.15) is 12.6 Å². The number of morpholine rings is 1. The molecular formula is C20H19N7O2S. The summed E-state index contributed by atoms with van der Waals surface area (Å²) in [6.07, 6.45) is 1.92. The summed E-state index contributed by atoms with van der Waals surface area (Å²) in [5, 5.41) is 26.9. The number of pyridine rings is 1. The summed E-state index contributed by atoms with van der Waals surface area (Å²) in [7, 11) is 0. The molecule has 0 amide bonds. The second kappa shape index (κ2) is 7.88. The van der Waals surface area contributed by atoms with Gasteiger partial charge in [0.05, 0.1) is 30.6 Å². The van der Waals surface area contributed by atoms with Crippen LogP contribution in [0.15, 0.2) is 57.8 Å². The summed E-state index contributed by atoms with van der Waals surface area (Å²) in [4.78, 5) is 7.91. The van der Waals surface area contributed by atoms with Gasteiger partial charge < -0.3 is 14.8 Å². The van der Waals surface area contributed by atoms with Gasteiger partial charge >= 0.3 is 0 Å². The quantitative estimate of drug-likeness (QED) is 0.305. The molecule has 1 fully saturated rings. The third kappa shape index (κ3) is 3.55. The van der Waals surface area contributed by atoms with E-state index in [9.17, 15) is 0 Å². The van der Waals surface area contributed by atoms with Crippen LogP contribution in [0.25, 0.3) is 16.6 Å². The second-order valence-corrected chi connectivity index (χ2v) is 7.95.